The van der Waals surface area contributed by atoms with E-state index >= 15 is 4.39 Å². The maximum absolute atomic E-state index is 15.9. The Morgan fingerprint density at radius 1 is 1.04 bits per heavy atom. The second-order valence-corrected chi connectivity index (χ2v) is 15.4. The van der Waals surface area contributed by atoms with E-state index in [4.69, 9.17) is 11.6 Å². The number of likely N-dealkylation sites (tertiary alicyclic amines) is 1. The van der Waals surface area contributed by atoms with Crippen molar-refractivity contribution in [3.05, 3.63) is 86.1 Å². The molecule has 17 heteroatoms. The molecule has 4 aliphatic heterocycles. The monoisotopic (exact) mass is 783 g/mol. The molecule has 4 fully saturated rings. The average Bonchev–Trinajstić information content (AvgIpc) is 3.86. The molecule has 2 aromatic carbocycles. The predicted molar refractivity (Wildman–Crippen MR) is 191 cm³/mol. The Hall–Kier alpha value is -2.40. The van der Waals surface area contributed by atoms with Crippen LogP contribution in [0.5, 0.6) is 0 Å². The third-order valence-electron chi connectivity index (χ3n) is 10.7. The van der Waals surface area contributed by atoms with Crippen molar-refractivity contribution in [2.24, 2.45) is 5.92 Å². The first-order valence-electron chi connectivity index (χ1n) is 17.0. The zero-order chi connectivity index (χ0) is 35.7. The Labute approximate surface area is 360 Å². The number of carbonyl (C=O) groups excluding carboxylic acids is 2. The topological polar surface area (TPSA) is 152 Å². The van der Waals surface area contributed by atoms with E-state index in [1.54, 1.807) is 4.57 Å². The summed E-state index contributed by atoms with van der Waals surface area (Å²) in [6, 6.07) is 9.40. The molecule has 5 heterocycles. The fourth-order valence-electron chi connectivity index (χ4n) is 8.22. The first-order valence-corrected chi connectivity index (χ1v) is 18.5. The van der Waals surface area contributed by atoms with Crippen LogP contribution in [0.3, 0.4) is 0 Å². The molecule has 0 unspecified atom stereocenters. The number of anilines is 1. The summed E-state index contributed by atoms with van der Waals surface area (Å²) in [5, 5.41) is 22.2. The summed E-state index contributed by atoms with van der Waals surface area (Å²) in [4.78, 5) is 69.0. The van der Waals surface area contributed by atoms with Gasteiger partial charge in [0.2, 0.25) is 11.3 Å². The van der Waals surface area contributed by atoms with Gasteiger partial charge in [0.1, 0.15) is 28.5 Å². The molecule has 53 heavy (non-hydrogen) atoms. The van der Waals surface area contributed by atoms with Crippen molar-refractivity contribution in [1.29, 1.82) is 0 Å². The van der Waals surface area contributed by atoms with Gasteiger partial charge in [-0.3, -0.25) is 24.2 Å². The van der Waals surface area contributed by atoms with Crippen LogP contribution in [-0.2, 0) is 20.8 Å². The maximum atomic E-state index is 15.9. The van der Waals surface area contributed by atoms with Crippen LogP contribution in [0, 0.1) is 11.7 Å². The summed E-state index contributed by atoms with van der Waals surface area (Å²) in [7, 11) is 0. The molecule has 8 rings (SSSR count). The van der Waals surface area contributed by atoms with E-state index in [9.17, 15) is 34.2 Å². The number of halogens is 2. The molecule has 0 radical (unpaired) electrons. The quantitative estimate of drug-likeness (QED) is 0.163. The number of aliphatic carboxylic acids is 1. The Morgan fingerprint density at radius 2 is 1.77 bits per heavy atom. The number of carbonyl (C=O) groups is 4. The predicted octanol–water partition coefficient (Wildman–Crippen LogP) is -2.06. The van der Waals surface area contributed by atoms with Gasteiger partial charge >= 0.3 is 71.1 Å². The van der Waals surface area contributed by atoms with Crippen molar-refractivity contribution in [1.82, 2.24) is 19.7 Å². The minimum Gasteiger partial charge on any atom is -1.00 e. The number of hydrogen-bond donors (Lipinski definition) is 3. The second-order valence-electron chi connectivity index (χ2n) is 14.0. The SMILES string of the molecule is O=C(Cc1ccccc1)N[C@@H]1C(=O)N2C(C(=O)O)=C(CN3CCC[C@H]4CN(c5c(F)cc6c(=O)c(C(=O)O)cn(C7CC7)c6c5Cl)C[C@H]43)CS[C@H]12.[H-].[H-].[Na+].[Na+]. The Morgan fingerprint density at radius 3 is 2.45 bits per heavy atom. The van der Waals surface area contributed by atoms with Gasteiger partial charge in [0, 0.05) is 43.7 Å². The molecule has 1 saturated carbocycles. The molecule has 4 atom stereocenters. The van der Waals surface area contributed by atoms with Crippen LogP contribution in [0.4, 0.5) is 10.1 Å². The number of aromatic nitrogens is 1. The molecule has 1 aromatic heterocycles. The van der Waals surface area contributed by atoms with E-state index in [0.717, 1.165) is 37.3 Å². The van der Waals surface area contributed by atoms with Crippen molar-refractivity contribution in [2.45, 2.75) is 55.6 Å². The summed E-state index contributed by atoms with van der Waals surface area (Å²) in [6.45, 7) is 1.93. The molecule has 5 aliphatic rings. The Balaban J connectivity index is 0.00000168. The molecule has 0 spiro atoms. The number of pyridine rings is 1. The summed E-state index contributed by atoms with van der Waals surface area (Å²) in [6.07, 6.45) is 4.75. The van der Waals surface area contributed by atoms with E-state index in [1.165, 1.54) is 22.9 Å². The maximum Gasteiger partial charge on any atom is 1.00 e. The van der Waals surface area contributed by atoms with Crippen LogP contribution in [-0.4, -0.2) is 97.7 Å². The zero-order valence-corrected chi connectivity index (χ0v) is 35.0. The number of nitrogens with zero attached hydrogens (tertiary/aromatic N) is 4. The number of thioether (sulfide) groups is 1. The smallest absolute Gasteiger partial charge is 1.00 e. The van der Waals surface area contributed by atoms with Crippen LogP contribution in [0.1, 0.15) is 50.5 Å². The molecule has 3 N–H and O–H groups in total. The average molecular weight is 784 g/mol. The minimum absolute atomic E-state index is 0. The number of hydrogen-bond acceptors (Lipinski definition) is 8. The number of carboxylic acids is 2. The number of carboxylic acid groups (broad SMARTS) is 2. The van der Waals surface area contributed by atoms with Gasteiger partial charge in [-0.1, -0.05) is 41.9 Å². The van der Waals surface area contributed by atoms with Crippen molar-refractivity contribution in [3.8, 4) is 0 Å². The third-order valence-corrected chi connectivity index (χ3v) is 12.4. The molecule has 270 valence electrons. The van der Waals surface area contributed by atoms with Gasteiger partial charge in [0.15, 0.2) is 0 Å². The molecule has 3 aromatic rings. The number of benzene rings is 2. The van der Waals surface area contributed by atoms with E-state index in [1.807, 2.05) is 35.2 Å². The Kier molecular flexibility index (Phi) is 12.1. The number of amides is 2. The van der Waals surface area contributed by atoms with Gasteiger partial charge in [0.25, 0.3) is 5.91 Å². The molecule has 12 nitrogen and oxygen atoms in total. The molecular weight excluding hydrogens is 747 g/mol. The molecule has 1 aliphatic carbocycles. The van der Waals surface area contributed by atoms with E-state index in [-0.39, 0.29) is 114 Å². The second kappa shape index (κ2) is 16.0. The van der Waals surface area contributed by atoms with Gasteiger partial charge in [-0.25, -0.2) is 14.0 Å². The number of piperidine rings is 1. The van der Waals surface area contributed by atoms with Crippen molar-refractivity contribution in [3.63, 3.8) is 0 Å². The van der Waals surface area contributed by atoms with Gasteiger partial charge in [-0.15, -0.1) is 11.8 Å². The Bertz CT molecular complexity index is 2110. The van der Waals surface area contributed by atoms with Crippen LogP contribution >= 0.6 is 23.4 Å². The summed E-state index contributed by atoms with van der Waals surface area (Å²) in [5.74, 6) is -3.52. The number of β-lactam (4-membered cyclic amide) rings is 1. The van der Waals surface area contributed by atoms with Crippen molar-refractivity contribution < 1.29 is 95.7 Å². The van der Waals surface area contributed by atoms with Gasteiger partial charge in [-0.05, 0) is 55.3 Å². The van der Waals surface area contributed by atoms with Crippen LogP contribution in [0.2, 0.25) is 5.02 Å². The van der Waals surface area contributed by atoms with E-state index < -0.39 is 46.1 Å². The molecule has 2 amide bonds. The summed E-state index contributed by atoms with van der Waals surface area (Å²) < 4.78 is 17.6. The summed E-state index contributed by atoms with van der Waals surface area (Å²) in [5.41, 5.74) is 0.678. The molecular formula is C36H37ClFN5Na2O7S. The van der Waals surface area contributed by atoms with Crippen molar-refractivity contribution >= 4 is 63.7 Å². The largest absolute Gasteiger partial charge is 1.00 e. The summed E-state index contributed by atoms with van der Waals surface area (Å²) >= 11 is 8.37. The van der Waals surface area contributed by atoms with Crippen LogP contribution in [0.25, 0.3) is 10.9 Å². The normalized spacial score (nSPS) is 23.8. The molecule has 0 bridgehead atoms. The number of rotatable bonds is 9. The first kappa shape index (κ1) is 40.3. The number of fused-ring (bicyclic) bond motifs is 3. The third kappa shape index (κ3) is 7.36. The van der Waals surface area contributed by atoms with E-state index in [0.29, 0.717) is 43.0 Å². The van der Waals surface area contributed by atoms with Crippen molar-refractivity contribution in [2.75, 3.05) is 36.8 Å². The van der Waals surface area contributed by atoms with Gasteiger partial charge in [-0.2, -0.15) is 0 Å². The van der Waals surface area contributed by atoms with E-state index in [2.05, 4.69) is 10.2 Å². The van der Waals surface area contributed by atoms with Crippen LogP contribution < -0.4 is 74.8 Å². The fraction of sp³-hybridized carbons (Fsp3) is 0.417. The number of aromatic carboxylic acids is 1. The zero-order valence-electron chi connectivity index (χ0n) is 31.4. The van der Waals surface area contributed by atoms with Gasteiger partial charge in [0.05, 0.1) is 28.0 Å². The van der Waals surface area contributed by atoms with Crippen LogP contribution in [0.15, 0.2) is 58.7 Å². The minimum atomic E-state index is -1.38. The number of nitrogens with one attached hydrogen (secondary N) is 1. The fourth-order valence-corrected chi connectivity index (χ4v) is 9.97. The molecule has 3 saturated heterocycles. The first-order chi connectivity index (χ1) is 24.5. The standard InChI is InChI=1S/C36H35ClFN5O7S.2Na.2H/c37-27-30-22(32(45)23(35(47)48)15-42(30)21-8-9-21)12-24(38)31(27)41-13-19-7-4-10-40(25(19)16-41)14-20-17-51-34-28(33(46)43(34)29(20)36(49)50)39-26(44)11-18-5-2-1-3-6-18;;;;/h1-3,5-6,12,15,19,21,25,28,34H,4,7-11,13-14,16-17H2,(H,39,44)(H,47,48)(H,49,50);;;;/q;2*+1;2*-1/t19-,25+,28+,34+;;;;/m0..../s1. The van der Waals surface area contributed by atoms with Gasteiger partial charge < -0.3 is 27.9 Å².